The minimum atomic E-state index is -0.373. The van der Waals surface area contributed by atoms with Crippen LogP contribution in [-0.4, -0.2) is 39.1 Å². The van der Waals surface area contributed by atoms with Gasteiger partial charge < -0.3 is 4.90 Å². The van der Waals surface area contributed by atoms with Crippen molar-refractivity contribution in [2.75, 3.05) is 18.0 Å². The maximum Gasteiger partial charge on any atom is 0.270 e. The molecule has 1 heterocycles. The van der Waals surface area contributed by atoms with Crippen LogP contribution < -0.4 is 4.90 Å². The van der Waals surface area contributed by atoms with Crippen molar-refractivity contribution in [3.63, 3.8) is 0 Å². The summed E-state index contributed by atoms with van der Waals surface area (Å²) in [6.07, 6.45) is 1.68. The van der Waals surface area contributed by atoms with Crippen LogP contribution in [0.5, 0.6) is 0 Å². The number of non-ortho nitro benzene ring substituents is 1. The molecule has 1 aromatic heterocycles. The van der Waals surface area contributed by atoms with Crippen LogP contribution in [0, 0.1) is 28.9 Å². The molecule has 3 aromatic rings. The van der Waals surface area contributed by atoms with Crippen molar-refractivity contribution in [1.82, 2.24) is 14.9 Å². The molecule has 0 spiro atoms. The van der Waals surface area contributed by atoms with Crippen LogP contribution in [0.25, 0.3) is 0 Å². The van der Waals surface area contributed by atoms with Gasteiger partial charge in [-0.25, -0.2) is 0 Å². The van der Waals surface area contributed by atoms with E-state index in [4.69, 9.17) is 0 Å². The fraction of sp³-hybridized carbons (Fsp3) is 0.400. The molecule has 34 heavy (non-hydrogen) atoms. The molecule has 0 fully saturated rings. The van der Waals surface area contributed by atoms with Crippen molar-refractivity contribution in [2.45, 2.75) is 45.5 Å². The van der Waals surface area contributed by atoms with Crippen LogP contribution in [0.2, 0.25) is 0 Å². The fourth-order valence-electron chi connectivity index (χ4n) is 3.60. The zero-order valence-electron chi connectivity index (χ0n) is 20.4. The summed E-state index contributed by atoms with van der Waals surface area (Å²) in [7, 11) is 0. The number of aryl methyl sites for hydroxylation is 1. The molecular formula is C25H32N6O2S. The number of nitrogens with zero attached hydrogens (tertiary/aromatic N) is 6. The fourth-order valence-corrected chi connectivity index (χ4v) is 4.49. The second-order valence-corrected chi connectivity index (χ2v) is 10.00. The van der Waals surface area contributed by atoms with E-state index in [9.17, 15) is 10.1 Å². The first kappa shape index (κ1) is 25.4. The van der Waals surface area contributed by atoms with E-state index < -0.39 is 0 Å². The Morgan fingerprint density at radius 2 is 1.76 bits per heavy atom. The van der Waals surface area contributed by atoms with E-state index in [1.807, 2.05) is 31.2 Å². The SMILES string of the molecule is Cc1nnc(SCc2ccccc2)n1/N=C\c1cc([N+](=O)[O-])ccc1N(CC(C)C)CC(C)C. The van der Waals surface area contributed by atoms with Gasteiger partial charge in [0.1, 0.15) is 0 Å². The minimum Gasteiger partial charge on any atom is -0.370 e. The van der Waals surface area contributed by atoms with Gasteiger partial charge in [-0.15, -0.1) is 10.2 Å². The zero-order valence-corrected chi connectivity index (χ0v) is 21.2. The first-order valence-electron chi connectivity index (χ1n) is 11.4. The van der Waals surface area contributed by atoms with Gasteiger partial charge in [0.15, 0.2) is 5.82 Å². The van der Waals surface area contributed by atoms with Crippen LogP contribution >= 0.6 is 11.8 Å². The van der Waals surface area contributed by atoms with Crippen molar-refractivity contribution in [2.24, 2.45) is 16.9 Å². The Balaban J connectivity index is 1.94. The van der Waals surface area contributed by atoms with E-state index >= 15 is 0 Å². The summed E-state index contributed by atoms with van der Waals surface area (Å²) in [5, 5.41) is 25.2. The molecule has 0 N–H and O–H groups in total. The maximum atomic E-state index is 11.5. The van der Waals surface area contributed by atoms with Gasteiger partial charge in [-0.3, -0.25) is 10.1 Å². The van der Waals surface area contributed by atoms with Crippen LogP contribution in [0.3, 0.4) is 0 Å². The molecule has 0 aliphatic heterocycles. The Morgan fingerprint density at radius 3 is 2.38 bits per heavy atom. The normalized spacial score (nSPS) is 11.6. The number of benzene rings is 2. The number of rotatable bonds is 11. The summed E-state index contributed by atoms with van der Waals surface area (Å²) in [4.78, 5) is 13.4. The standard InChI is InChI=1S/C25H32N6O2S/c1-18(2)15-29(16-19(3)4)24-12-11-23(31(32)33)13-22(24)14-26-30-20(5)27-28-25(30)34-17-21-9-7-6-8-10-21/h6-14,18-19H,15-17H2,1-5H3/b26-14-. The molecule has 0 atom stereocenters. The Labute approximate surface area is 205 Å². The summed E-state index contributed by atoms with van der Waals surface area (Å²) in [5.74, 6) is 2.28. The maximum absolute atomic E-state index is 11.5. The molecule has 8 nitrogen and oxygen atoms in total. The van der Waals surface area contributed by atoms with Crippen LogP contribution in [0.1, 0.15) is 44.6 Å². The average molecular weight is 481 g/mol. The average Bonchev–Trinajstić information content (AvgIpc) is 3.15. The summed E-state index contributed by atoms with van der Waals surface area (Å²) < 4.78 is 1.69. The number of hydrogen-bond acceptors (Lipinski definition) is 7. The minimum absolute atomic E-state index is 0.0402. The van der Waals surface area contributed by atoms with Crippen LogP contribution in [0.15, 0.2) is 58.8 Å². The van der Waals surface area contributed by atoms with Crippen molar-refractivity contribution in [3.05, 3.63) is 75.6 Å². The van der Waals surface area contributed by atoms with Crippen molar-refractivity contribution in [1.29, 1.82) is 0 Å². The molecule has 180 valence electrons. The predicted octanol–water partition coefficient (Wildman–Crippen LogP) is 5.79. The van der Waals surface area contributed by atoms with Gasteiger partial charge in [-0.1, -0.05) is 69.8 Å². The summed E-state index contributed by atoms with van der Waals surface area (Å²) >= 11 is 1.55. The first-order valence-corrected chi connectivity index (χ1v) is 12.4. The third-order valence-electron chi connectivity index (χ3n) is 5.02. The lowest BCUT2D eigenvalue weighted by Gasteiger charge is -2.29. The van der Waals surface area contributed by atoms with E-state index in [2.05, 4.69) is 60.0 Å². The molecule has 0 amide bonds. The van der Waals surface area contributed by atoms with Crippen LogP contribution in [-0.2, 0) is 5.75 Å². The number of hydrogen-bond donors (Lipinski definition) is 0. The highest BCUT2D eigenvalue weighted by atomic mass is 32.2. The molecule has 0 saturated heterocycles. The van der Waals surface area contributed by atoms with Gasteiger partial charge in [-0.05, 0) is 30.4 Å². The molecule has 0 aliphatic rings. The van der Waals surface area contributed by atoms with Crippen molar-refractivity contribution in [3.8, 4) is 0 Å². The Hall–Kier alpha value is -3.20. The topological polar surface area (TPSA) is 89.4 Å². The molecule has 2 aromatic carbocycles. The van der Waals surface area contributed by atoms with Gasteiger partial charge in [0.2, 0.25) is 5.16 Å². The molecule has 3 rings (SSSR count). The van der Waals surface area contributed by atoms with E-state index in [1.54, 1.807) is 34.8 Å². The first-order chi connectivity index (χ1) is 16.2. The van der Waals surface area contributed by atoms with Gasteiger partial charge in [-0.2, -0.15) is 9.78 Å². The van der Waals surface area contributed by atoms with Crippen molar-refractivity contribution < 1.29 is 4.92 Å². The second-order valence-electron chi connectivity index (χ2n) is 9.05. The molecule has 0 bridgehead atoms. The highest BCUT2D eigenvalue weighted by Gasteiger charge is 2.17. The lowest BCUT2D eigenvalue weighted by atomic mass is 10.1. The van der Waals surface area contributed by atoms with E-state index in [1.165, 1.54) is 5.56 Å². The van der Waals surface area contributed by atoms with Gasteiger partial charge >= 0.3 is 0 Å². The van der Waals surface area contributed by atoms with E-state index in [0.29, 0.717) is 28.4 Å². The molecule has 0 unspecified atom stereocenters. The van der Waals surface area contributed by atoms with Gasteiger partial charge in [0.05, 0.1) is 11.1 Å². The summed E-state index contributed by atoms with van der Waals surface area (Å²) in [6, 6.07) is 15.1. The van der Waals surface area contributed by atoms with Crippen molar-refractivity contribution >= 4 is 29.4 Å². The number of nitro groups is 1. The lowest BCUT2D eigenvalue weighted by molar-refractivity contribution is -0.384. The quantitative estimate of drug-likeness (QED) is 0.149. The summed E-state index contributed by atoms with van der Waals surface area (Å²) in [6.45, 7) is 12.2. The highest BCUT2D eigenvalue weighted by molar-refractivity contribution is 7.98. The Bertz CT molecular complexity index is 1120. The molecular weight excluding hydrogens is 448 g/mol. The molecule has 0 radical (unpaired) electrons. The third-order valence-corrected chi connectivity index (χ3v) is 6.02. The zero-order chi connectivity index (χ0) is 24.7. The molecule has 0 aliphatic carbocycles. The van der Waals surface area contributed by atoms with Crippen LogP contribution in [0.4, 0.5) is 11.4 Å². The molecule has 0 saturated carbocycles. The smallest absolute Gasteiger partial charge is 0.270 e. The number of thioether (sulfide) groups is 1. The number of anilines is 1. The lowest BCUT2D eigenvalue weighted by Crippen LogP contribution is -2.32. The number of aromatic nitrogens is 3. The predicted molar refractivity (Wildman–Crippen MR) is 139 cm³/mol. The molecule has 9 heteroatoms. The monoisotopic (exact) mass is 480 g/mol. The van der Waals surface area contributed by atoms with E-state index in [0.717, 1.165) is 24.5 Å². The van der Waals surface area contributed by atoms with Gasteiger partial charge in [0, 0.05) is 42.2 Å². The second kappa shape index (κ2) is 11.8. The van der Waals surface area contributed by atoms with E-state index in [-0.39, 0.29) is 10.6 Å². The van der Waals surface area contributed by atoms with Gasteiger partial charge in [0.25, 0.3) is 5.69 Å². The number of nitro benzene ring substituents is 1. The summed E-state index contributed by atoms with van der Waals surface area (Å²) in [5.41, 5.74) is 2.85. The Morgan fingerprint density at radius 1 is 1.09 bits per heavy atom. The Kier molecular flexibility index (Phi) is 8.81. The highest BCUT2D eigenvalue weighted by Crippen LogP contribution is 2.27. The third kappa shape index (κ3) is 6.90. The largest absolute Gasteiger partial charge is 0.370 e.